The molecular formula is C20H18ClFN4O. The predicted molar refractivity (Wildman–Crippen MR) is 105 cm³/mol. The zero-order valence-corrected chi connectivity index (χ0v) is 15.6. The maximum atomic E-state index is 13.2. The first-order chi connectivity index (χ1) is 12.9. The number of rotatable bonds is 5. The molecule has 0 fully saturated rings. The molecule has 3 rings (SSSR count). The average Bonchev–Trinajstić information content (AvgIpc) is 2.63. The summed E-state index contributed by atoms with van der Waals surface area (Å²) in [6, 6.07) is 13.6. The Bertz CT molecular complexity index is 993. The molecule has 0 unspecified atom stereocenters. The number of amides is 1. The van der Waals surface area contributed by atoms with Crippen LogP contribution in [0.5, 0.6) is 0 Å². The van der Waals surface area contributed by atoms with Crippen molar-refractivity contribution in [3.8, 4) is 0 Å². The quantitative estimate of drug-likeness (QED) is 0.666. The topological polar surface area (TPSA) is 66.9 Å². The zero-order valence-electron chi connectivity index (χ0n) is 14.9. The van der Waals surface area contributed by atoms with Crippen LogP contribution in [0.2, 0.25) is 5.02 Å². The number of nitrogens with one attached hydrogen (secondary N) is 2. The Morgan fingerprint density at radius 2 is 1.93 bits per heavy atom. The number of carbonyl (C=O) groups excluding carboxylic acids is 1. The van der Waals surface area contributed by atoms with E-state index in [1.54, 1.807) is 13.0 Å². The van der Waals surface area contributed by atoms with Crippen LogP contribution in [0.3, 0.4) is 0 Å². The molecule has 0 radical (unpaired) electrons. The molecule has 3 aromatic rings. The van der Waals surface area contributed by atoms with Crippen LogP contribution in [-0.4, -0.2) is 15.9 Å². The summed E-state index contributed by atoms with van der Waals surface area (Å²) in [6.45, 7) is 4.35. The van der Waals surface area contributed by atoms with Gasteiger partial charge in [0.1, 0.15) is 11.5 Å². The second kappa shape index (κ2) is 8.14. The van der Waals surface area contributed by atoms with E-state index >= 15 is 0 Å². The molecule has 0 aliphatic carbocycles. The van der Waals surface area contributed by atoms with Gasteiger partial charge in [0.15, 0.2) is 0 Å². The number of carbonyl (C=O) groups is 1. The first-order valence-electron chi connectivity index (χ1n) is 8.32. The van der Waals surface area contributed by atoms with E-state index in [4.69, 9.17) is 11.6 Å². The lowest BCUT2D eigenvalue weighted by atomic mass is 10.1. The minimum absolute atomic E-state index is 0.0628. The van der Waals surface area contributed by atoms with Crippen molar-refractivity contribution in [1.82, 2.24) is 9.97 Å². The summed E-state index contributed by atoms with van der Waals surface area (Å²) in [6.07, 6.45) is 0. The molecule has 1 amide bonds. The van der Waals surface area contributed by atoms with Gasteiger partial charge in [-0.1, -0.05) is 41.4 Å². The molecule has 0 aliphatic rings. The SMILES string of the molecule is Cc1cccc(CNc2nc(C)cc(C(=O)Nc3ccc(F)c(Cl)c3)n2)c1. The fraction of sp³-hybridized carbons (Fsp3) is 0.150. The Labute approximate surface area is 161 Å². The van der Waals surface area contributed by atoms with Gasteiger partial charge in [-0.15, -0.1) is 0 Å². The van der Waals surface area contributed by atoms with Crippen LogP contribution in [0.4, 0.5) is 16.0 Å². The summed E-state index contributed by atoms with van der Waals surface area (Å²) in [7, 11) is 0. The summed E-state index contributed by atoms with van der Waals surface area (Å²) in [5, 5.41) is 5.72. The van der Waals surface area contributed by atoms with E-state index in [1.807, 2.05) is 25.1 Å². The van der Waals surface area contributed by atoms with Crippen molar-refractivity contribution in [3.05, 3.63) is 81.9 Å². The Morgan fingerprint density at radius 3 is 2.67 bits per heavy atom. The van der Waals surface area contributed by atoms with Gasteiger partial charge in [0, 0.05) is 17.9 Å². The van der Waals surface area contributed by atoms with Gasteiger partial charge in [0.25, 0.3) is 5.91 Å². The molecule has 138 valence electrons. The zero-order chi connectivity index (χ0) is 19.4. The lowest BCUT2D eigenvalue weighted by molar-refractivity contribution is 0.102. The van der Waals surface area contributed by atoms with Crippen LogP contribution in [-0.2, 0) is 6.54 Å². The van der Waals surface area contributed by atoms with Crippen LogP contribution in [0.25, 0.3) is 0 Å². The molecule has 0 spiro atoms. The summed E-state index contributed by atoms with van der Waals surface area (Å²) >= 11 is 5.74. The summed E-state index contributed by atoms with van der Waals surface area (Å²) in [4.78, 5) is 21.0. The van der Waals surface area contributed by atoms with E-state index in [2.05, 4.69) is 26.7 Å². The van der Waals surface area contributed by atoms with E-state index in [-0.39, 0.29) is 10.7 Å². The minimum atomic E-state index is -0.546. The van der Waals surface area contributed by atoms with Crippen molar-refractivity contribution >= 4 is 29.1 Å². The van der Waals surface area contributed by atoms with Crippen LogP contribution in [0.15, 0.2) is 48.5 Å². The third kappa shape index (κ3) is 5.01. The number of anilines is 2. The lowest BCUT2D eigenvalue weighted by Crippen LogP contribution is -2.16. The van der Waals surface area contributed by atoms with Gasteiger partial charge in [0.05, 0.1) is 5.02 Å². The van der Waals surface area contributed by atoms with Crippen molar-refractivity contribution in [1.29, 1.82) is 0 Å². The molecule has 7 heteroatoms. The molecule has 27 heavy (non-hydrogen) atoms. The van der Waals surface area contributed by atoms with Crippen molar-refractivity contribution in [2.45, 2.75) is 20.4 Å². The highest BCUT2D eigenvalue weighted by molar-refractivity contribution is 6.31. The lowest BCUT2D eigenvalue weighted by Gasteiger charge is -2.10. The highest BCUT2D eigenvalue weighted by Gasteiger charge is 2.12. The van der Waals surface area contributed by atoms with Crippen LogP contribution >= 0.6 is 11.6 Å². The molecule has 1 aromatic heterocycles. The van der Waals surface area contributed by atoms with Gasteiger partial charge in [-0.2, -0.15) is 0 Å². The largest absolute Gasteiger partial charge is 0.350 e. The Balaban J connectivity index is 1.73. The number of aryl methyl sites for hydroxylation is 2. The van der Waals surface area contributed by atoms with E-state index in [0.717, 1.165) is 11.1 Å². The van der Waals surface area contributed by atoms with E-state index in [1.165, 1.54) is 18.2 Å². The van der Waals surface area contributed by atoms with Crippen LogP contribution in [0.1, 0.15) is 27.3 Å². The summed E-state index contributed by atoms with van der Waals surface area (Å²) < 4.78 is 13.2. The van der Waals surface area contributed by atoms with Crippen LogP contribution < -0.4 is 10.6 Å². The van der Waals surface area contributed by atoms with Crippen molar-refractivity contribution in [3.63, 3.8) is 0 Å². The van der Waals surface area contributed by atoms with E-state index in [9.17, 15) is 9.18 Å². The fourth-order valence-electron chi connectivity index (χ4n) is 2.54. The molecule has 2 aromatic carbocycles. The number of nitrogens with zero attached hydrogens (tertiary/aromatic N) is 2. The molecule has 0 saturated carbocycles. The maximum absolute atomic E-state index is 13.2. The number of hydrogen-bond acceptors (Lipinski definition) is 4. The van der Waals surface area contributed by atoms with Gasteiger partial charge < -0.3 is 10.6 Å². The number of aromatic nitrogens is 2. The number of benzene rings is 2. The van der Waals surface area contributed by atoms with Crippen LogP contribution in [0, 0.1) is 19.7 Å². The summed E-state index contributed by atoms with van der Waals surface area (Å²) in [5.74, 6) is -0.615. The molecule has 0 saturated heterocycles. The minimum Gasteiger partial charge on any atom is -0.350 e. The molecule has 0 aliphatic heterocycles. The van der Waals surface area contributed by atoms with Gasteiger partial charge >= 0.3 is 0 Å². The van der Waals surface area contributed by atoms with Crippen molar-refractivity contribution < 1.29 is 9.18 Å². The monoisotopic (exact) mass is 384 g/mol. The number of hydrogen-bond donors (Lipinski definition) is 2. The molecule has 1 heterocycles. The molecule has 2 N–H and O–H groups in total. The van der Waals surface area contributed by atoms with E-state index in [0.29, 0.717) is 23.9 Å². The average molecular weight is 385 g/mol. The van der Waals surface area contributed by atoms with Crippen molar-refractivity contribution in [2.75, 3.05) is 10.6 Å². The third-order valence-electron chi connectivity index (χ3n) is 3.80. The molecule has 0 bridgehead atoms. The Hall–Kier alpha value is -2.99. The summed E-state index contributed by atoms with van der Waals surface area (Å²) in [5.41, 5.74) is 3.50. The molecule has 5 nitrogen and oxygen atoms in total. The van der Waals surface area contributed by atoms with Crippen molar-refractivity contribution in [2.24, 2.45) is 0 Å². The second-order valence-corrected chi connectivity index (χ2v) is 6.55. The fourth-order valence-corrected chi connectivity index (χ4v) is 2.72. The van der Waals surface area contributed by atoms with Gasteiger partial charge in [-0.3, -0.25) is 4.79 Å². The van der Waals surface area contributed by atoms with Gasteiger partial charge in [0.2, 0.25) is 5.95 Å². The smallest absolute Gasteiger partial charge is 0.274 e. The number of halogens is 2. The third-order valence-corrected chi connectivity index (χ3v) is 4.09. The molecular weight excluding hydrogens is 367 g/mol. The predicted octanol–water partition coefficient (Wildman–Crippen LogP) is 4.75. The maximum Gasteiger partial charge on any atom is 0.274 e. The normalized spacial score (nSPS) is 10.5. The standard InChI is InChI=1S/C20H18ClFN4O/c1-12-4-3-5-14(8-12)11-23-20-24-13(2)9-18(26-20)19(27)25-15-6-7-17(22)16(21)10-15/h3-10H,11H2,1-2H3,(H,25,27)(H,23,24,26). The van der Waals surface area contributed by atoms with Gasteiger partial charge in [-0.05, 0) is 43.7 Å². The first kappa shape index (κ1) is 18.8. The second-order valence-electron chi connectivity index (χ2n) is 6.14. The Kier molecular flexibility index (Phi) is 5.66. The van der Waals surface area contributed by atoms with E-state index < -0.39 is 11.7 Å². The molecule has 0 atom stereocenters. The Morgan fingerprint density at radius 1 is 1.11 bits per heavy atom. The highest BCUT2D eigenvalue weighted by Crippen LogP contribution is 2.20. The van der Waals surface area contributed by atoms with Gasteiger partial charge in [-0.25, -0.2) is 14.4 Å². The first-order valence-corrected chi connectivity index (χ1v) is 8.70. The highest BCUT2D eigenvalue weighted by atomic mass is 35.5.